The van der Waals surface area contributed by atoms with E-state index in [1.165, 1.54) is 19.1 Å². The fraction of sp³-hybridized carbons (Fsp3) is 0.304. The zero-order valence-electron chi connectivity index (χ0n) is 17.7. The van der Waals surface area contributed by atoms with Crippen molar-refractivity contribution in [2.45, 2.75) is 13.5 Å². The molecule has 32 heavy (non-hydrogen) atoms. The van der Waals surface area contributed by atoms with Gasteiger partial charge in [0, 0.05) is 50.5 Å². The summed E-state index contributed by atoms with van der Waals surface area (Å²) >= 11 is 0. The highest BCUT2D eigenvalue weighted by atomic mass is 35.5. The molecule has 0 N–H and O–H groups in total. The summed E-state index contributed by atoms with van der Waals surface area (Å²) in [6.45, 7) is 6.33. The lowest BCUT2D eigenvalue weighted by Gasteiger charge is -2.35. The van der Waals surface area contributed by atoms with Gasteiger partial charge in [-0.3, -0.25) is 14.3 Å². The van der Waals surface area contributed by atoms with Crippen LogP contribution in [0.3, 0.4) is 0 Å². The summed E-state index contributed by atoms with van der Waals surface area (Å²) in [6.07, 6.45) is 4.02. The van der Waals surface area contributed by atoms with Gasteiger partial charge >= 0.3 is 5.76 Å². The minimum Gasteiger partial charge on any atom is -0.408 e. The number of ketones is 1. The number of oxazole rings is 1. The second-order valence-electron chi connectivity index (χ2n) is 7.45. The van der Waals surface area contributed by atoms with Crippen molar-refractivity contribution < 1.29 is 13.6 Å². The average Bonchev–Trinajstić information content (AvgIpc) is 3.06. The lowest BCUT2D eigenvalue weighted by atomic mass is 10.1. The van der Waals surface area contributed by atoms with Gasteiger partial charge in [0.2, 0.25) is 0 Å². The van der Waals surface area contributed by atoms with Crippen LogP contribution in [0.25, 0.3) is 11.1 Å². The molecule has 0 atom stereocenters. The van der Waals surface area contributed by atoms with Crippen LogP contribution in [-0.4, -0.2) is 48.0 Å². The predicted molar refractivity (Wildman–Crippen MR) is 129 cm³/mol. The van der Waals surface area contributed by atoms with Crippen molar-refractivity contribution in [2.24, 2.45) is 0 Å². The molecule has 0 saturated carbocycles. The molecule has 172 valence electrons. The van der Waals surface area contributed by atoms with E-state index in [1.54, 1.807) is 22.8 Å². The lowest BCUT2D eigenvalue weighted by molar-refractivity contribution is 0.101. The summed E-state index contributed by atoms with van der Waals surface area (Å²) in [5.74, 6) is -0.707. The van der Waals surface area contributed by atoms with Crippen LogP contribution >= 0.6 is 24.8 Å². The van der Waals surface area contributed by atoms with Crippen molar-refractivity contribution in [3.8, 4) is 0 Å². The van der Waals surface area contributed by atoms with E-state index in [-0.39, 0.29) is 36.4 Å². The first kappa shape index (κ1) is 25.6. The third-order valence-corrected chi connectivity index (χ3v) is 5.46. The fourth-order valence-corrected chi connectivity index (χ4v) is 3.70. The number of hydrogen-bond donors (Lipinski definition) is 0. The molecule has 0 aliphatic carbocycles. The van der Waals surface area contributed by atoms with Crippen LogP contribution in [0.2, 0.25) is 0 Å². The summed E-state index contributed by atoms with van der Waals surface area (Å²) in [7, 11) is 0. The topological polar surface area (TPSA) is 58.7 Å². The maximum Gasteiger partial charge on any atom is 0.420 e. The number of carbonyl (C=O) groups is 1. The van der Waals surface area contributed by atoms with E-state index in [9.17, 15) is 14.0 Å². The highest BCUT2D eigenvalue weighted by Crippen LogP contribution is 2.17. The van der Waals surface area contributed by atoms with Crippen LogP contribution in [0, 0.1) is 5.82 Å². The Bertz CT molecular complexity index is 1130. The Labute approximate surface area is 198 Å². The number of benzene rings is 2. The molecule has 1 saturated heterocycles. The third-order valence-electron chi connectivity index (χ3n) is 5.46. The zero-order valence-corrected chi connectivity index (χ0v) is 19.3. The van der Waals surface area contributed by atoms with Crippen LogP contribution in [0.4, 0.5) is 10.1 Å². The minimum atomic E-state index is -0.428. The quantitative estimate of drug-likeness (QED) is 0.390. The molecule has 2 heterocycles. The number of hydrogen-bond acceptors (Lipinski definition) is 5. The number of aromatic nitrogens is 1. The second-order valence-corrected chi connectivity index (χ2v) is 7.45. The first-order chi connectivity index (χ1) is 14.5. The number of rotatable bonds is 6. The van der Waals surface area contributed by atoms with E-state index in [1.807, 2.05) is 18.2 Å². The van der Waals surface area contributed by atoms with Crippen LogP contribution < -0.4 is 10.7 Å². The second kappa shape index (κ2) is 11.3. The van der Waals surface area contributed by atoms with Gasteiger partial charge in [-0.25, -0.2) is 9.18 Å². The number of allylic oxidation sites excluding steroid dienone is 1. The average molecular weight is 482 g/mol. The Morgan fingerprint density at radius 3 is 2.31 bits per heavy atom. The number of nitrogens with zero attached hydrogens (tertiary/aromatic N) is 3. The van der Waals surface area contributed by atoms with E-state index >= 15 is 0 Å². The van der Waals surface area contributed by atoms with Crippen molar-refractivity contribution >= 4 is 47.4 Å². The molecule has 2 aromatic carbocycles. The van der Waals surface area contributed by atoms with Crippen LogP contribution in [-0.2, 0) is 6.54 Å². The summed E-state index contributed by atoms with van der Waals surface area (Å²) < 4.78 is 19.9. The minimum absolute atomic E-state index is 0. The van der Waals surface area contributed by atoms with Crippen molar-refractivity contribution in [1.82, 2.24) is 9.47 Å². The van der Waals surface area contributed by atoms with Crippen molar-refractivity contribution in [1.29, 1.82) is 0 Å². The van der Waals surface area contributed by atoms with Gasteiger partial charge in [0.05, 0.1) is 5.52 Å². The molecule has 4 rings (SSSR count). The molecule has 0 unspecified atom stereocenters. The summed E-state index contributed by atoms with van der Waals surface area (Å²) in [5, 5.41) is 0. The molecule has 3 aromatic rings. The van der Waals surface area contributed by atoms with Gasteiger partial charge in [-0.1, -0.05) is 12.2 Å². The summed E-state index contributed by atoms with van der Waals surface area (Å²) in [4.78, 5) is 28.2. The molecule has 0 radical (unpaired) electrons. The number of Topliss-reactive ketones (excluding diaryl/α,β-unsaturated/α-hetero) is 1. The van der Waals surface area contributed by atoms with Gasteiger partial charge in [-0.05, 0) is 49.4 Å². The van der Waals surface area contributed by atoms with E-state index in [0.29, 0.717) is 23.2 Å². The molecular weight excluding hydrogens is 456 g/mol. The number of halogens is 3. The zero-order chi connectivity index (χ0) is 21.1. The Kier molecular flexibility index (Phi) is 9.07. The fourth-order valence-electron chi connectivity index (χ4n) is 3.70. The molecule has 0 amide bonds. The maximum absolute atomic E-state index is 13.1. The number of fused-ring (bicyclic) bond motifs is 1. The molecular formula is C23H26Cl2FN3O3. The molecule has 1 fully saturated rings. The van der Waals surface area contributed by atoms with Crippen molar-refractivity contribution in [3.05, 3.63) is 76.5 Å². The highest BCUT2D eigenvalue weighted by Gasteiger charge is 2.16. The van der Waals surface area contributed by atoms with Crippen molar-refractivity contribution in [3.63, 3.8) is 0 Å². The molecule has 9 heteroatoms. The van der Waals surface area contributed by atoms with Crippen molar-refractivity contribution in [2.75, 3.05) is 37.6 Å². The number of piperazine rings is 1. The Morgan fingerprint density at radius 1 is 1.00 bits per heavy atom. The molecule has 0 bridgehead atoms. The monoisotopic (exact) mass is 481 g/mol. The van der Waals surface area contributed by atoms with E-state index < -0.39 is 5.76 Å². The van der Waals surface area contributed by atoms with E-state index in [2.05, 4.69) is 15.9 Å². The van der Waals surface area contributed by atoms with Gasteiger partial charge in [0.15, 0.2) is 11.4 Å². The van der Waals surface area contributed by atoms with Gasteiger partial charge < -0.3 is 9.32 Å². The standard InChI is InChI=1S/C23H24FN3O3.2ClH/c1-17(28)18-4-9-21-22(16-18)30-23(29)27(21)11-3-2-10-25-12-14-26(15-13-25)20-7-5-19(24)6-8-20;;/h2-9,16H,10-15H2,1H3;2*1H/b3-2+;;. The van der Waals surface area contributed by atoms with Gasteiger partial charge in [-0.2, -0.15) is 0 Å². The highest BCUT2D eigenvalue weighted by molar-refractivity contribution is 5.96. The first-order valence-electron chi connectivity index (χ1n) is 10.0. The SMILES string of the molecule is CC(=O)c1ccc2c(c1)oc(=O)n2C/C=C/CN1CCN(c2ccc(F)cc2)CC1.Cl.Cl. The smallest absolute Gasteiger partial charge is 0.408 e. The summed E-state index contributed by atoms with van der Waals surface area (Å²) in [5.41, 5.74) is 2.69. The molecule has 1 aromatic heterocycles. The number of carbonyl (C=O) groups excluding carboxylic acids is 1. The van der Waals surface area contributed by atoms with Crippen LogP contribution in [0.15, 0.2) is 63.8 Å². The number of anilines is 1. The lowest BCUT2D eigenvalue weighted by Crippen LogP contribution is -2.46. The Balaban J connectivity index is 0.00000181. The largest absolute Gasteiger partial charge is 0.420 e. The predicted octanol–water partition coefficient (Wildman–Crippen LogP) is 4.16. The molecule has 0 spiro atoms. The van der Waals surface area contributed by atoms with Gasteiger partial charge in [0.1, 0.15) is 5.82 Å². The normalized spacial score (nSPS) is 14.4. The molecule has 1 aliphatic rings. The third kappa shape index (κ3) is 5.79. The van der Waals surface area contributed by atoms with E-state index in [4.69, 9.17) is 4.42 Å². The van der Waals surface area contributed by atoms with E-state index in [0.717, 1.165) is 38.4 Å². The van der Waals surface area contributed by atoms with Crippen LogP contribution in [0.1, 0.15) is 17.3 Å². The first-order valence-corrected chi connectivity index (χ1v) is 10.0. The molecule has 1 aliphatic heterocycles. The summed E-state index contributed by atoms with van der Waals surface area (Å²) in [6, 6.07) is 11.7. The molecule has 6 nitrogen and oxygen atoms in total. The Morgan fingerprint density at radius 2 is 1.66 bits per heavy atom. The van der Waals surface area contributed by atoms with Crippen LogP contribution in [0.5, 0.6) is 0 Å². The van der Waals surface area contributed by atoms with Gasteiger partial charge in [-0.15, -0.1) is 24.8 Å². The Hall–Kier alpha value is -2.61. The maximum atomic E-state index is 13.1. The van der Waals surface area contributed by atoms with Gasteiger partial charge in [0.25, 0.3) is 0 Å².